The maximum absolute atomic E-state index is 12.5. The Hall–Kier alpha value is -0.710. The predicted molar refractivity (Wildman–Crippen MR) is 51.8 cm³/mol. The lowest BCUT2D eigenvalue weighted by molar-refractivity contribution is -0.128. The number of nitrogens with one attached hydrogen (secondary N) is 1. The summed E-state index contributed by atoms with van der Waals surface area (Å²) in [5.74, 6) is -3.57. The normalized spacial score (nSPS) is 25.3. The Morgan fingerprint density at radius 2 is 2.20 bits per heavy atom. The van der Waals surface area contributed by atoms with Crippen LogP contribution in [0.4, 0.5) is 8.78 Å². The number of carbonyl (C=O) groups excluding carboxylic acids is 1. The topological polar surface area (TPSA) is 38.3 Å². The van der Waals surface area contributed by atoms with Gasteiger partial charge in [-0.3, -0.25) is 4.79 Å². The molecule has 0 aromatic heterocycles. The fourth-order valence-corrected chi connectivity index (χ4v) is 1.53. The van der Waals surface area contributed by atoms with Gasteiger partial charge in [0.15, 0.2) is 0 Å². The standard InChI is InChI=1S/C10H17F2NO2/c1-9(2)6-15-5-7(9)13-8(14)4-10(3,11)12/h7H,4-6H2,1-3H3,(H,13,14). The minimum absolute atomic E-state index is 0.174. The van der Waals surface area contributed by atoms with Crippen LogP contribution in [0.5, 0.6) is 0 Å². The molecule has 0 saturated carbocycles. The molecule has 1 rings (SSSR count). The first-order valence-electron chi connectivity index (χ1n) is 4.96. The van der Waals surface area contributed by atoms with Crippen molar-refractivity contribution < 1.29 is 18.3 Å². The van der Waals surface area contributed by atoms with E-state index in [1.165, 1.54) is 0 Å². The maximum atomic E-state index is 12.5. The molecule has 1 saturated heterocycles. The zero-order chi connectivity index (χ0) is 11.7. The molecule has 0 bridgehead atoms. The first-order chi connectivity index (χ1) is 6.71. The number of carbonyl (C=O) groups is 1. The molecule has 3 nitrogen and oxygen atoms in total. The van der Waals surface area contributed by atoms with E-state index in [-0.39, 0.29) is 11.5 Å². The van der Waals surface area contributed by atoms with Gasteiger partial charge in [-0.25, -0.2) is 8.78 Å². The lowest BCUT2D eigenvalue weighted by Gasteiger charge is -2.25. The molecule has 0 spiro atoms. The SMILES string of the molecule is CC(F)(F)CC(=O)NC1COCC1(C)C. The summed E-state index contributed by atoms with van der Waals surface area (Å²) in [5, 5.41) is 2.58. The van der Waals surface area contributed by atoms with E-state index in [1.807, 2.05) is 13.8 Å². The first kappa shape index (κ1) is 12.4. The Kier molecular flexibility index (Phi) is 3.33. The van der Waals surface area contributed by atoms with Gasteiger partial charge in [-0.2, -0.15) is 0 Å². The van der Waals surface area contributed by atoms with Crippen LogP contribution in [0.15, 0.2) is 0 Å². The van der Waals surface area contributed by atoms with Crippen LogP contribution in [0.3, 0.4) is 0 Å². The largest absolute Gasteiger partial charge is 0.379 e. The van der Waals surface area contributed by atoms with Crippen molar-refractivity contribution in [2.24, 2.45) is 5.41 Å². The first-order valence-corrected chi connectivity index (χ1v) is 4.96. The van der Waals surface area contributed by atoms with Gasteiger partial charge in [-0.15, -0.1) is 0 Å². The van der Waals surface area contributed by atoms with Gasteiger partial charge < -0.3 is 10.1 Å². The van der Waals surface area contributed by atoms with E-state index >= 15 is 0 Å². The Morgan fingerprint density at radius 3 is 2.60 bits per heavy atom. The molecule has 1 heterocycles. The zero-order valence-corrected chi connectivity index (χ0v) is 9.27. The van der Waals surface area contributed by atoms with Crippen molar-refractivity contribution in [2.75, 3.05) is 13.2 Å². The van der Waals surface area contributed by atoms with Crippen LogP contribution in [0.2, 0.25) is 0 Å². The van der Waals surface area contributed by atoms with Gasteiger partial charge in [0.25, 0.3) is 5.92 Å². The van der Waals surface area contributed by atoms with Crippen LogP contribution in [0, 0.1) is 5.41 Å². The number of amides is 1. The van der Waals surface area contributed by atoms with Crippen LogP contribution in [-0.2, 0) is 9.53 Å². The summed E-state index contributed by atoms with van der Waals surface area (Å²) < 4.78 is 30.3. The minimum Gasteiger partial charge on any atom is -0.379 e. The van der Waals surface area contributed by atoms with Crippen LogP contribution in [0.25, 0.3) is 0 Å². The van der Waals surface area contributed by atoms with Crippen LogP contribution in [0.1, 0.15) is 27.2 Å². The summed E-state index contributed by atoms with van der Waals surface area (Å²) in [5.41, 5.74) is -0.182. The highest BCUT2D eigenvalue weighted by Crippen LogP contribution is 2.27. The van der Waals surface area contributed by atoms with E-state index < -0.39 is 18.3 Å². The molecule has 1 atom stereocenters. The maximum Gasteiger partial charge on any atom is 0.254 e. The number of halogens is 2. The molecular formula is C10H17F2NO2. The molecule has 1 N–H and O–H groups in total. The Morgan fingerprint density at radius 1 is 1.60 bits per heavy atom. The third-order valence-corrected chi connectivity index (χ3v) is 2.51. The second-order valence-electron chi connectivity index (χ2n) is 4.87. The summed E-state index contributed by atoms with van der Waals surface area (Å²) >= 11 is 0. The second kappa shape index (κ2) is 4.04. The van der Waals surface area contributed by atoms with Crippen molar-refractivity contribution in [3.63, 3.8) is 0 Å². The van der Waals surface area contributed by atoms with Crippen molar-refractivity contribution in [2.45, 2.75) is 39.2 Å². The van der Waals surface area contributed by atoms with Crippen molar-refractivity contribution in [3.8, 4) is 0 Å². The molecular weight excluding hydrogens is 204 g/mol. The molecule has 5 heteroatoms. The van der Waals surface area contributed by atoms with Gasteiger partial charge >= 0.3 is 0 Å². The fourth-order valence-electron chi connectivity index (χ4n) is 1.53. The van der Waals surface area contributed by atoms with Crippen molar-refractivity contribution in [1.29, 1.82) is 0 Å². The number of hydrogen-bond donors (Lipinski definition) is 1. The second-order valence-corrected chi connectivity index (χ2v) is 4.87. The lowest BCUT2D eigenvalue weighted by atomic mass is 9.88. The molecule has 0 aromatic carbocycles. The molecule has 1 fully saturated rings. The smallest absolute Gasteiger partial charge is 0.254 e. The van der Waals surface area contributed by atoms with Gasteiger partial charge in [0, 0.05) is 5.41 Å². The molecule has 15 heavy (non-hydrogen) atoms. The average molecular weight is 221 g/mol. The van der Waals surface area contributed by atoms with Gasteiger partial charge in [-0.1, -0.05) is 13.8 Å². The summed E-state index contributed by atoms with van der Waals surface area (Å²) in [6, 6.07) is -0.174. The van der Waals surface area contributed by atoms with Gasteiger partial charge in [0.05, 0.1) is 25.7 Å². The van der Waals surface area contributed by atoms with E-state index in [0.717, 1.165) is 6.92 Å². The molecule has 88 valence electrons. The molecule has 1 aliphatic heterocycles. The van der Waals surface area contributed by atoms with E-state index in [1.54, 1.807) is 0 Å². The summed E-state index contributed by atoms with van der Waals surface area (Å²) in [6.45, 7) is 5.56. The van der Waals surface area contributed by atoms with Crippen molar-refractivity contribution in [1.82, 2.24) is 5.32 Å². The number of alkyl halides is 2. The Balaban J connectivity index is 2.45. The fraction of sp³-hybridized carbons (Fsp3) is 0.900. The van der Waals surface area contributed by atoms with E-state index in [0.29, 0.717) is 13.2 Å². The van der Waals surface area contributed by atoms with Gasteiger partial charge in [0.1, 0.15) is 0 Å². The highest BCUT2D eigenvalue weighted by Gasteiger charge is 2.37. The van der Waals surface area contributed by atoms with Gasteiger partial charge in [0.2, 0.25) is 5.91 Å². The van der Waals surface area contributed by atoms with E-state index in [4.69, 9.17) is 4.74 Å². The summed E-state index contributed by atoms with van der Waals surface area (Å²) in [7, 11) is 0. The monoisotopic (exact) mass is 221 g/mol. The van der Waals surface area contributed by atoms with Crippen LogP contribution >= 0.6 is 0 Å². The number of ether oxygens (including phenoxy) is 1. The minimum atomic E-state index is -2.95. The molecule has 0 radical (unpaired) electrons. The summed E-state index contributed by atoms with van der Waals surface area (Å²) in [4.78, 5) is 11.3. The Bertz CT molecular complexity index is 248. The van der Waals surface area contributed by atoms with Crippen LogP contribution < -0.4 is 5.32 Å². The van der Waals surface area contributed by atoms with E-state index in [2.05, 4.69) is 5.32 Å². The third kappa shape index (κ3) is 3.74. The summed E-state index contributed by atoms with van der Waals surface area (Å²) in [6.07, 6.45) is -0.764. The highest BCUT2D eigenvalue weighted by atomic mass is 19.3. The molecule has 1 unspecified atom stereocenters. The number of rotatable bonds is 3. The lowest BCUT2D eigenvalue weighted by Crippen LogP contribution is -2.45. The van der Waals surface area contributed by atoms with Crippen LogP contribution in [-0.4, -0.2) is 31.1 Å². The van der Waals surface area contributed by atoms with E-state index in [9.17, 15) is 13.6 Å². The van der Waals surface area contributed by atoms with Gasteiger partial charge in [-0.05, 0) is 6.92 Å². The van der Waals surface area contributed by atoms with Crippen molar-refractivity contribution >= 4 is 5.91 Å². The predicted octanol–water partition coefficient (Wildman–Crippen LogP) is 1.57. The third-order valence-electron chi connectivity index (χ3n) is 2.51. The van der Waals surface area contributed by atoms with Crippen molar-refractivity contribution in [3.05, 3.63) is 0 Å². The average Bonchev–Trinajstić information content (AvgIpc) is 2.26. The number of hydrogen-bond acceptors (Lipinski definition) is 2. The molecule has 1 aliphatic rings. The highest BCUT2D eigenvalue weighted by molar-refractivity contribution is 5.77. The Labute approximate surface area is 88.2 Å². The molecule has 1 amide bonds. The zero-order valence-electron chi connectivity index (χ0n) is 9.27. The molecule has 0 aliphatic carbocycles. The quantitative estimate of drug-likeness (QED) is 0.785. The molecule has 0 aromatic rings.